The molecule has 3 aromatic rings. The number of aryl methyl sites for hydroxylation is 1. The maximum Gasteiger partial charge on any atom is 0.115 e. The van der Waals surface area contributed by atoms with Crippen LogP contribution in [0, 0.1) is 6.92 Å². The van der Waals surface area contributed by atoms with Crippen LogP contribution in [-0.2, 0) is 6.54 Å². The third kappa shape index (κ3) is 3.65. The maximum absolute atomic E-state index is 9.69. The highest BCUT2D eigenvalue weighted by molar-refractivity contribution is 5.66. The Hall–Kier alpha value is -2.59. The van der Waals surface area contributed by atoms with Crippen LogP contribution in [0.2, 0.25) is 0 Å². The number of phenolic OH excluding ortho intramolecular Hbond substituents is 1. The Balaban J connectivity index is 1.52. The van der Waals surface area contributed by atoms with E-state index in [1.165, 1.54) is 35.2 Å². The number of rotatable bonds is 4. The zero-order valence-corrected chi connectivity index (χ0v) is 15.2. The molecule has 2 N–H and O–H groups in total. The molecule has 134 valence electrons. The van der Waals surface area contributed by atoms with Crippen molar-refractivity contribution in [1.29, 1.82) is 0 Å². The first-order valence-corrected chi connectivity index (χ1v) is 9.29. The van der Waals surface area contributed by atoms with Crippen molar-refractivity contribution in [2.75, 3.05) is 13.1 Å². The maximum atomic E-state index is 9.69. The Labute approximate surface area is 154 Å². The summed E-state index contributed by atoms with van der Waals surface area (Å²) in [5, 5.41) is 17.3. The minimum absolute atomic E-state index is 0.339. The number of aromatic nitrogens is 2. The molecule has 4 heteroatoms. The summed E-state index contributed by atoms with van der Waals surface area (Å²) in [5.74, 6) is 0.797. The quantitative estimate of drug-likeness (QED) is 0.732. The van der Waals surface area contributed by atoms with Crippen LogP contribution in [-0.4, -0.2) is 33.3 Å². The van der Waals surface area contributed by atoms with Crippen molar-refractivity contribution in [1.82, 2.24) is 15.1 Å². The van der Waals surface area contributed by atoms with Crippen LogP contribution in [0.3, 0.4) is 0 Å². The second-order valence-electron chi connectivity index (χ2n) is 7.31. The number of benzene rings is 2. The molecule has 0 bridgehead atoms. The summed E-state index contributed by atoms with van der Waals surface area (Å²) in [4.78, 5) is 2.47. The van der Waals surface area contributed by atoms with Gasteiger partial charge in [0.1, 0.15) is 5.75 Å². The van der Waals surface area contributed by atoms with Crippen molar-refractivity contribution >= 4 is 0 Å². The van der Waals surface area contributed by atoms with Crippen LogP contribution >= 0.6 is 0 Å². The van der Waals surface area contributed by atoms with E-state index >= 15 is 0 Å². The molecule has 0 radical (unpaired) electrons. The van der Waals surface area contributed by atoms with E-state index in [-0.39, 0.29) is 0 Å². The molecule has 2 aromatic carbocycles. The summed E-state index contributed by atoms with van der Waals surface area (Å²) in [5.41, 5.74) is 6.12. The van der Waals surface area contributed by atoms with Crippen molar-refractivity contribution in [3.8, 4) is 16.9 Å². The molecule has 0 spiro atoms. The van der Waals surface area contributed by atoms with Gasteiger partial charge in [-0.1, -0.05) is 42.0 Å². The molecule has 26 heavy (non-hydrogen) atoms. The van der Waals surface area contributed by atoms with Crippen molar-refractivity contribution < 1.29 is 5.11 Å². The Morgan fingerprint density at radius 2 is 2.04 bits per heavy atom. The van der Waals surface area contributed by atoms with Crippen LogP contribution in [0.1, 0.15) is 35.6 Å². The summed E-state index contributed by atoms with van der Waals surface area (Å²) in [6, 6.07) is 16.2. The van der Waals surface area contributed by atoms with Gasteiger partial charge in [0.15, 0.2) is 0 Å². The predicted octanol–water partition coefficient (Wildman–Crippen LogP) is 4.47. The number of hydrogen-bond acceptors (Lipinski definition) is 3. The zero-order chi connectivity index (χ0) is 17.9. The topological polar surface area (TPSA) is 52.2 Å². The molecule has 0 amide bonds. The number of nitrogens with one attached hydrogen (secondary N) is 1. The van der Waals surface area contributed by atoms with Crippen LogP contribution in [0.4, 0.5) is 0 Å². The van der Waals surface area contributed by atoms with E-state index in [0.29, 0.717) is 11.7 Å². The molecular formula is C22H25N3O. The molecule has 1 atom stereocenters. The number of phenols is 1. The van der Waals surface area contributed by atoms with Gasteiger partial charge in [-0.2, -0.15) is 5.10 Å². The fraction of sp³-hybridized carbons (Fsp3) is 0.318. The average molecular weight is 347 g/mol. The Morgan fingerprint density at radius 3 is 2.85 bits per heavy atom. The number of likely N-dealkylation sites (tertiary alicyclic amines) is 1. The van der Waals surface area contributed by atoms with Crippen molar-refractivity contribution in [3.05, 3.63) is 71.5 Å². The smallest absolute Gasteiger partial charge is 0.115 e. The first-order chi connectivity index (χ1) is 12.7. The predicted molar refractivity (Wildman–Crippen MR) is 104 cm³/mol. The number of H-pyrrole nitrogens is 1. The number of aromatic hydroxyl groups is 1. The van der Waals surface area contributed by atoms with Gasteiger partial charge in [-0.3, -0.25) is 10.00 Å². The summed E-state index contributed by atoms with van der Waals surface area (Å²) in [6.45, 7) is 5.09. The van der Waals surface area contributed by atoms with E-state index in [1.54, 1.807) is 6.07 Å². The lowest BCUT2D eigenvalue weighted by Gasteiger charge is -2.32. The van der Waals surface area contributed by atoms with E-state index in [9.17, 15) is 5.11 Å². The SMILES string of the molecule is Cc1ccc(-c2cn[nH]c2C2CCCN(Cc3cccc(O)c3)C2)cc1. The van der Waals surface area contributed by atoms with Crippen molar-refractivity contribution in [2.24, 2.45) is 0 Å². The van der Waals surface area contributed by atoms with Crippen molar-refractivity contribution in [2.45, 2.75) is 32.2 Å². The van der Waals surface area contributed by atoms with Crippen LogP contribution in [0.5, 0.6) is 5.75 Å². The summed E-state index contributed by atoms with van der Waals surface area (Å²) in [7, 11) is 0. The monoisotopic (exact) mass is 347 g/mol. The molecule has 1 aliphatic rings. The van der Waals surface area contributed by atoms with E-state index in [2.05, 4.69) is 52.4 Å². The number of hydrogen-bond donors (Lipinski definition) is 2. The van der Waals surface area contributed by atoms with E-state index in [4.69, 9.17) is 0 Å². The second-order valence-corrected chi connectivity index (χ2v) is 7.31. The first kappa shape index (κ1) is 16.9. The Morgan fingerprint density at radius 1 is 1.19 bits per heavy atom. The highest BCUT2D eigenvalue weighted by Gasteiger charge is 2.25. The molecule has 0 aliphatic carbocycles. The van der Waals surface area contributed by atoms with Gasteiger partial charge in [0.05, 0.1) is 6.20 Å². The zero-order valence-electron chi connectivity index (χ0n) is 15.2. The Bertz CT molecular complexity index is 869. The van der Waals surface area contributed by atoms with Crippen LogP contribution < -0.4 is 0 Å². The molecule has 1 saturated heterocycles. The fourth-order valence-corrected chi connectivity index (χ4v) is 3.92. The van der Waals surface area contributed by atoms with Crippen LogP contribution in [0.25, 0.3) is 11.1 Å². The number of nitrogens with zero attached hydrogens (tertiary/aromatic N) is 2. The molecule has 1 aliphatic heterocycles. The highest BCUT2D eigenvalue weighted by atomic mass is 16.3. The van der Waals surface area contributed by atoms with Gasteiger partial charge >= 0.3 is 0 Å². The van der Waals surface area contributed by atoms with E-state index < -0.39 is 0 Å². The van der Waals surface area contributed by atoms with Gasteiger partial charge in [-0.15, -0.1) is 0 Å². The molecule has 0 saturated carbocycles. The van der Waals surface area contributed by atoms with Gasteiger partial charge in [-0.05, 0) is 49.6 Å². The third-order valence-electron chi connectivity index (χ3n) is 5.26. The molecule has 4 rings (SSSR count). The number of aromatic amines is 1. The summed E-state index contributed by atoms with van der Waals surface area (Å²) >= 11 is 0. The molecule has 4 nitrogen and oxygen atoms in total. The summed E-state index contributed by atoms with van der Waals surface area (Å²) in [6.07, 6.45) is 4.31. The number of piperidine rings is 1. The molecule has 2 heterocycles. The molecule has 1 aromatic heterocycles. The van der Waals surface area contributed by atoms with Crippen LogP contribution in [0.15, 0.2) is 54.7 Å². The lowest BCUT2D eigenvalue weighted by atomic mass is 9.90. The minimum Gasteiger partial charge on any atom is -0.508 e. The molecule has 1 unspecified atom stereocenters. The van der Waals surface area contributed by atoms with Gasteiger partial charge < -0.3 is 5.11 Å². The van der Waals surface area contributed by atoms with Gasteiger partial charge in [0.25, 0.3) is 0 Å². The van der Waals surface area contributed by atoms with E-state index in [0.717, 1.165) is 25.2 Å². The van der Waals surface area contributed by atoms with Crippen molar-refractivity contribution in [3.63, 3.8) is 0 Å². The third-order valence-corrected chi connectivity index (χ3v) is 5.26. The lowest BCUT2D eigenvalue weighted by Crippen LogP contribution is -2.34. The summed E-state index contributed by atoms with van der Waals surface area (Å²) < 4.78 is 0. The largest absolute Gasteiger partial charge is 0.508 e. The second kappa shape index (κ2) is 7.34. The molecular weight excluding hydrogens is 322 g/mol. The van der Waals surface area contributed by atoms with Gasteiger partial charge in [0, 0.05) is 30.3 Å². The highest BCUT2D eigenvalue weighted by Crippen LogP contribution is 2.33. The Kier molecular flexibility index (Phi) is 4.76. The lowest BCUT2D eigenvalue weighted by molar-refractivity contribution is 0.198. The first-order valence-electron chi connectivity index (χ1n) is 9.29. The minimum atomic E-state index is 0.339. The van der Waals surface area contributed by atoms with E-state index in [1.807, 2.05) is 18.3 Å². The molecule has 1 fully saturated rings. The van der Waals surface area contributed by atoms with Gasteiger partial charge in [0.2, 0.25) is 0 Å². The van der Waals surface area contributed by atoms with Gasteiger partial charge in [-0.25, -0.2) is 0 Å². The fourth-order valence-electron chi connectivity index (χ4n) is 3.92. The average Bonchev–Trinajstić information content (AvgIpc) is 3.12. The normalized spacial score (nSPS) is 18.1. The standard InChI is InChI=1S/C22H25N3O/c1-16-7-9-18(10-8-16)21-13-23-24-22(21)19-5-3-11-25(15-19)14-17-4-2-6-20(26)12-17/h2,4,6-10,12-13,19,26H,3,5,11,14-15H2,1H3,(H,23,24).